The molecule has 1 aliphatic rings. The normalized spacial score (nSPS) is 16.7. The Morgan fingerprint density at radius 3 is 2.69 bits per heavy atom. The summed E-state index contributed by atoms with van der Waals surface area (Å²) in [6.45, 7) is 2.59. The van der Waals surface area contributed by atoms with Gasteiger partial charge in [-0.05, 0) is 38.3 Å². The van der Waals surface area contributed by atoms with Gasteiger partial charge in [-0.15, -0.1) is 0 Å². The zero-order valence-electron chi connectivity index (χ0n) is 17.0. The molecule has 0 bridgehead atoms. The lowest BCUT2D eigenvalue weighted by atomic mass is 9.94. The lowest BCUT2D eigenvalue weighted by molar-refractivity contribution is 0.0606. The van der Waals surface area contributed by atoms with Crippen LogP contribution in [0.5, 0.6) is 0 Å². The smallest absolute Gasteiger partial charge is 0.254 e. The minimum absolute atomic E-state index is 0.0278. The molecule has 29 heavy (non-hydrogen) atoms. The molecule has 2 aromatic heterocycles. The molecule has 1 aromatic carbocycles. The number of hydrogen-bond donors (Lipinski definition) is 0. The molecule has 1 amide bonds. The van der Waals surface area contributed by atoms with Crippen molar-refractivity contribution in [3.63, 3.8) is 0 Å². The molecule has 4 rings (SSSR count). The fraction of sp³-hybridized carbons (Fsp3) is 0.364. The van der Waals surface area contributed by atoms with Crippen molar-refractivity contribution in [1.82, 2.24) is 20.0 Å². The Balaban J connectivity index is 1.79. The molecular weight excluding hydrogens is 366 g/mol. The van der Waals surface area contributed by atoms with E-state index < -0.39 is 0 Å². The van der Waals surface area contributed by atoms with Gasteiger partial charge in [0.25, 0.3) is 5.91 Å². The number of hydrogen-bond acceptors (Lipinski definition) is 6. The Bertz CT molecular complexity index is 999. The first kappa shape index (κ1) is 19.1. The van der Waals surface area contributed by atoms with E-state index in [0.717, 1.165) is 36.2 Å². The number of amides is 1. The number of anilines is 1. The van der Waals surface area contributed by atoms with Crippen molar-refractivity contribution in [2.75, 3.05) is 25.5 Å². The van der Waals surface area contributed by atoms with Crippen molar-refractivity contribution in [3.05, 3.63) is 59.5 Å². The van der Waals surface area contributed by atoms with Crippen LogP contribution in [-0.2, 0) is 0 Å². The molecule has 7 heteroatoms. The number of carbonyl (C=O) groups excluding carboxylic acids is 1. The first-order valence-electron chi connectivity index (χ1n) is 9.88. The number of piperidine rings is 1. The maximum Gasteiger partial charge on any atom is 0.254 e. The molecule has 1 fully saturated rings. The third-order valence-corrected chi connectivity index (χ3v) is 5.20. The SMILES string of the molecule is Cc1cc(-c2cnc(N(C)C)nc2[C@@H]2CCCCN2C(=O)c2ccccc2)on1. The molecule has 0 N–H and O–H groups in total. The van der Waals surface area contributed by atoms with Crippen LogP contribution < -0.4 is 4.90 Å². The molecule has 150 valence electrons. The van der Waals surface area contributed by atoms with Gasteiger partial charge in [-0.2, -0.15) is 0 Å². The number of rotatable bonds is 4. The molecule has 7 nitrogen and oxygen atoms in total. The summed E-state index contributed by atoms with van der Waals surface area (Å²) in [5.41, 5.74) is 3.08. The van der Waals surface area contributed by atoms with Crippen LogP contribution in [0.2, 0.25) is 0 Å². The maximum atomic E-state index is 13.3. The minimum atomic E-state index is -0.140. The minimum Gasteiger partial charge on any atom is -0.356 e. The van der Waals surface area contributed by atoms with Crippen molar-refractivity contribution >= 4 is 11.9 Å². The van der Waals surface area contributed by atoms with E-state index in [-0.39, 0.29) is 11.9 Å². The Labute approximate surface area is 170 Å². The van der Waals surface area contributed by atoms with E-state index in [2.05, 4.69) is 10.1 Å². The summed E-state index contributed by atoms with van der Waals surface area (Å²) >= 11 is 0. The van der Waals surface area contributed by atoms with Crippen molar-refractivity contribution in [2.45, 2.75) is 32.2 Å². The molecular formula is C22H25N5O2. The van der Waals surface area contributed by atoms with Gasteiger partial charge in [0, 0.05) is 38.5 Å². The lowest BCUT2D eigenvalue weighted by Gasteiger charge is -2.36. The summed E-state index contributed by atoms with van der Waals surface area (Å²) in [5, 5.41) is 4.02. The van der Waals surface area contributed by atoms with Gasteiger partial charge in [-0.3, -0.25) is 4.79 Å². The number of likely N-dealkylation sites (tertiary alicyclic amines) is 1. The number of nitrogens with zero attached hydrogens (tertiary/aromatic N) is 5. The van der Waals surface area contributed by atoms with Crippen LogP contribution in [0, 0.1) is 6.92 Å². The van der Waals surface area contributed by atoms with E-state index in [4.69, 9.17) is 9.51 Å². The van der Waals surface area contributed by atoms with Crippen LogP contribution in [0.1, 0.15) is 47.1 Å². The second-order valence-electron chi connectivity index (χ2n) is 7.57. The number of carbonyl (C=O) groups is 1. The zero-order valence-corrected chi connectivity index (χ0v) is 17.0. The Morgan fingerprint density at radius 2 is 2.00 bits per heavy atom. The van der Waals surface area contributed by atoms with Crippen molar-refractivity contribution in [3.8, 4) is 11.3 Å². The number of aryl methyl sites for hydroxylation is 1. The predicted octanol–water partition coefficient (Wildman–Crippen LogP) is 3.87. The van der Waals surface area contributed by atoms with Gasteiger partial charge in [0.1, 0.15) is 0 Å². The van der Waals surface area contributed by atoms with Crippen molar-refractivity contribution in [2.24, 2.45) is 0 Å². The zero-order chi connectivity index (χ0) is 20.4. The third-order valence-electron chi connectivity index (χ3n) is 5.20. The quantitative estimate of drug-likeness (QED) is 0.672. The summed E-state index contributed by atoms with van der Waals surface area (Å²) in [7, 11) is 3.82. The summed E-state index contributed by atoms with van der Waals surface area (Å²) < 4.78 is 5.52. The first-order valence-corrected chi connectivity index (χ1v) is 9.88. The monoisotopic (exact) mass is 391 g/mol. The molecule has 1 aliphatic heterocycles. The highest BCUT2D eigenvalue weighted by atomic mass is 16.5. The van der Waals surface area contributed by atoms with Crippen LogP contribution in [-0.4, -0.2) is 46.6 Å². The molecule has 0 unspecified atom stereocenters. The molecule has 3 aromatic rings. The average molecular weight is 391 g/mol. The number of benzene rings is 1. The summed E-state index contributed by atoms with van der Waals surface area (Å²) in [6.07, 6.45) is 4.65. The molecule has 0 aliphatic carbocycles. The van der Waals surface area contributed by atoms with Crippen LogP contribution in [0.25, 0.3) is 11.3 Å². The Hall–Kier alpha value is -3.22. The molecule has 3 heterocycles. The fourth-order valence-electron chi connectivity index (χ4n) is 3.74. The topological polar surface area (TPSA) is 75.4 Å². The van der Waals surface area contributed by atoms with Crippen LogP contribution in [0.15, 0.2) is 47.1 Å². The summed E-state index contributed by atoms with van der Waals surface area (Å²) in [5.74, 6) is 1.26. The standard InChI is InChI=1S/C22H25N5O2/c1-15-13-19(29-25-15)17-14-23-22(26(2)3)24-20(17)18-11-7-8-12-27(18)21(28)16-9-5-4-6-10-16/h4-6,9-10,13-14,18H,7-8,11-12H2,1-3H3/t18-/m0/s1. The Kier molecular flexibility index (Phi) is 5.29. The van der Waals surface area contributed by atoms with Crippen LogP contribution in [0.4, 0.5) is 5.95 Å². The van der Waals surface area contributed by atoms with Crippen molar-refractivity contribution in [1.29, 1.82) is 0 Å². The van der Waals surface area contributed by atoms with E-state index in [1.807, 2.05) is 67.2 Å². The summed E-state index contributed by atoms with van der Waals surface area (Å²) in [4.78, 5) is 26.4. The molecule has 0 spiro atoms. The highest BCUT2D eigenvalue weighted by molar-refractivity contribution is 5.94. The Morgan fingerprint density at radius 1 is 1.21 bits per heavy atom. The predicted molar refractivity (Wildman–Crippen MR) is 111 cm³/mol. The van der Waals surface area contributed by atoms with E-state index in [9.17, 15) is 4.79 Å². The molecule has 1 saturated heterocycles. The second kappa shape index (κ2) is 8.03. The van der Waals surface area contributed by atoms with Gasteiger partial charge < -0.3 is 14.3 Å². The highest BCUT2D eigenvalue weighted by Gasteiger charge is 2.32. The van der Waals surface area contributed by atoms with Crippen LogP contribution >= 0.6 is 0 Å². The fourth-order valence-corrected chi connectivity index (χ4v) is 3.74. The van der Waals surface area contributed by atoms with Crippen LogP contribution in [0.3, 0.4) is 0 Å². The van der Waals surface area contributed by atoms with Gasteiger partial charge in [-0.1, -0.05) is 23.4 Å². The second-order valence-corrected chi connectivity index (χ2v) is 7.57. The van der Waals surface area contributed by atoms with E-state index >= 15 is 0 Å². The molecule has 1 atom stereocenters. The largest absolute Gasteiger partial charge is 0.356 e. The first-order chi connectivity index (χ1) is 14.0. The average Bonchev–Trinajstić information content (AvgIpc) is 3.19. The van der Waals surface area contributed by atoms with E-state index in [0.29, 0.717) is 23.8 Å². The highest BCUT2D eigenvalue weighted by Crippen LogP contribution is 2.37. The lowest BCUT2D eigenvalue weighted by Crippen LogP contribution is -2.39. The van der Waals surface area contributed by atoms with E-state index in [1.165, 1.54) is 0 Å². The summed E-state index contributed by atoms with van der Waals surface area (Å²) in [6, 6.07) is 11.2. The number of aromatic nitrogens is 3. The third kappa shape index (κ3) is 3.85. The van der Waals surface area contributed by atoms with E-state index in [1.54, 1.807) is 6.20 Å². The van der Waals surface area contributed by atoms with Crippen molar-refractivity contribution < 1.29 is 9.32 Å². The molecule has 0 radical (unpaired) electrons. The van der Waals surface area contributed by atoms with Gasteiger partial charge in [0.15, 0.2) is 5.76 Å². The van der Waals surface area contributed by atoms with Gasteiger partial charge >= 0.3 is 0 Å². The maximum absolute atomic E-state index is 13.3. The van der Waals surface area contributed by atoms with Gasteiger partial charge in [-0.25, -0.2) is 9.97 Å². The van der Waals surface area contributed by atoms with Gasteiger partial charge in [0.2, 0.25) is 5.95 Å². The molecule has 0 saturated carbocycles. The van der Waals surface area contributed by atoms with Gasteiger partial charge in [0.05, 0.1) is 23.0 Å².